The second-order valence-corrected chi connectivity index (χ2v) is 5.62. The van der Waals surface area contributed by atoms with E-state index >= 15 is 0 Å². The topological polar surface area (TPSA) is 81.8 Å². The van der Waals surface area contributed by atoms with Crippen LogP contribution in [0.4, 0.5) is 0 Å². The molecule has 0 spiro atoms. The molecule has 3 aromatic rings. The largest absolute Gasteiger partial charge is 0.463 e. The molecule has 0 aliphatic carbocycles. The Labute approximate surface area is 133 Å². The number of benzene rings is 1. The van der Waals surface area contributed by atoms with Crippen molar-refractivity contribution >= 4 is 40.1 Å². The first-order chi connectivity index (χ1) is 11.2. The first kappa shape index (κ1) is 13.6. The number of hydrogen-bond donors (Lipinski definition) is 0. The van der Waals surface area contributed by atoms with Crippen LogP contribution in [0, 0.1) is 0 Å². The fourth-order valence-electron chi connectivity index (χ4n) is 2.25. The summed E-state index contributed by atoms with van der Waals surface area (Å²) in [4.78, 5) is 33.2. The van der Waals surface area contributed by atoms with Gasteiger partial charge in [-0.05, 0) is 18.2 Å². The Morgan fingerprint density at radius 1 is 1.17 bits per heavy atom. The van der Waals surface area contributed by atoms with Crippen molar-refractivity contribution in [2.75, 3.05) is 0 Å². The quantitative estimate of drug-likeness (QED) is 0.534. The molecule has 2 aromatic heterocycles. The van der Waals surface area contributed by atoms with E-state index in [2.05, 4.69) is 10.1 Å². The van der Waals surface area contributed by atoms with Gasteiger partial charge in [0.2, 0.25) is 0 Å². The van der Waals surface area contributed by atoms with Crippen molar-refractivity contribution in [3.63, 3.8) is 0 Å². The number of nitrogens with zero attached hydrogens (tertiary/aromatic N) is 2. The number of para-hydroxylation sites is 1. The summed E-state index contributed by atoms with van der Waals surface area (Å²) < 4.78 is 5.45. The highest BCUT2D eigenvalue weighted by molar-refractivity contribution is 7.12. The second-order valence-electron chi connectivity index (χ2n) is 4.73. The van der Waals surface area contributed by atoms with E-state index in [1.54, 1.807) is 35.8 Å². The molecule has 0 saturated carbocycles. The SMILES string of the molecule is O=C1ON=C(c2nccs2)C1=Cc1coc2ccccc2c1=O. The van der Waals surface area contributed by atoms with Crippen molar-refractivity contribution in [3.05, 3.63) is 68.5 Å². The normalized spacial score (nSPS) is 15.9. The van der Waals surface area contributed by atoms with Gasteiger partial charge in [0.15, 0.2) is 11.1 Å². The molecule has 7 heteroatoms. The molecular weight excluding hydrogens is 316 g/mol. The molecule has 0 saturated heterocycles. The Morgan fingerprint density at radius 2 is 2.04 bits per heavy atom. The van der Waals surface area contributed by atoms with Crippen molar-refractivity contribution in [1.82, 2.24) is 4.98 Å². The lowest BCUT2D eigenvalue weighted by Gasteiger charge is -1.99. The maximum absolute atomic E-state index is 12.5. The number of thiazole rings is 1. The molecule has 0 amide bonds. The van der Waals surface area contributed by atoms with Crippen LogP contribution in [-0.2, 0) is 9.63 Å². The van der Waals surface area contributed by atoms with E-state index in [-0.39, 0.29) is 16.6 Å². The molecule has 0 radical (unpaired) electrons. The molecule has 0 bridgehead atoms. The zero-order valence-electron chi connectivity index (χ0n) is 11.6. The number of rotatable bonds is 2. The molecule has 3 heterocycles. The Balaban J connectivity index is 1.86. The summed E-state index contributed by atoms with van der Waals surface area (Å²) in [5, 5.41) is 6.50. The van der Waals surface area contributed by atoms with Crippen LogP contribution in [0.1, 0.15) is 10.6 Å². The van der Waals surface area contributed by atoms with Gasteiger partial charge in [-0.3, -0.25) is 4.79 Å². The van der Waals surface area contributed by atoms with Crippen LogP contribution >= 0.6 is 11.3 Å². The Hall–Kier alpha value is -3.06. The highest BCUT2D eigenvalue weighted by Crippen LogP contribution is 2.22. The van der Waals surface area contributed by atoms with Crippen LogP contribution in [-0.4, -0.2) is 16.7 Å². The summed E-state index contributed by atoms with van der Waals surface area (Å²) in [7, 11) is 0. The number of hydrogen-bond acceptors (Lipinski definition) is 7. The van der Waals surface area contributed by atoms with Crippen LogP contribution < -0.4 is 5.43 Å². The summed E-state index contributed by atoms with van der Waals surface area (Å²) in [6.07, 6.45) is 4.35. The van der Waals surface area contributed by atoms with Gasteiger partial charge in [-0.25, -0.2) is 9.78 Å². The minimum atomic E-state index is -0.622. The molecule has 0 atom stereocenters. The zero-order valence-corrected chi connectivity index (χ0v) is 12.4. The van der Waals surface area contributed by atoms with E-state index in [0.717, 1.165) is 0 Å². The molecule has 1 aromatic carbocycles. The van der Waals surface area contributed by atoms with Gasteiger partial charge in [0.1, 0.15) is 16.9 Å². The predicted molar refractivity (Wildman–Crippen MR) is 85.2 cm³/mol. The molecule has 1 aliphatic rings. The van der Waals surface area contributed by atoms with Gasteiger partial charge in [-0.2, -0.15) is 0 Å². The molecule has 1 aliphatic heterocycles. The molecule has 0 fully saturated rings. The Morgan fingerprint density at radius 3 is 2.87 bits per heavy atom. The lowest BCUT2D eigenvalue weighted by molar-refractivity contribution is -0.136. The van der Waals surface area contributed by atoms with E-state index in [0.29, 0.717) is 21.7 Å². The van der Waals surface area contributed by atoms with Gasteiger partial charge in [-0.1, -0.05) is 17.3 Å². The van der Waals surface area contributed by atoms with Crippen molar-refractivity contribution in [2.24, 2.45) is 5.16 Å². The predicted octanol–water partition coefficient (Wildman–Crippen LogP) is 2.59. The van der Waals surface area contributed by atoms with Crippen molar-refractivity contribution in [1.29, 1.82) is 0 Å². The molecule has 6 nitrogen and oxygen atoms in total. The lowest BCUT2D eigenvalue weighted by Crippen LogP contribution is -2.10. The van der Waals surface area contributed by atoms with E-state index in [1.807, 2.05) is 0 Å². The summed E-state index contributed by atoms with van der Waals surface area (Å²) in [5.74, 6) is -0.622. The van der Waals surface area contributed by atoms with Gasteiger partial charge >= 0.3 is 5.97 Å². The molecule has 0 N–H and O–H groups in total. The van der Waals surface area contributed by atoms with Crippen molar-refractivity contribution < 1.29 is 14.0 Å². The zero-order chi connectivity index (χ0) is 15.8. The standard InChI is InChI=1S/C16H8N2O4S/c19-14-9(8-21-12-4-2-1-3-10(12)14)7-11-13(18-22-16(11)20)15-17-5-6-23-15/h1-8H. The van der Waals surface area contributed by atoms with E-state index in [9.17, 15) is 9.59 Å². The summed E-state index contributed by atoms with van der Waals surface area (Å²) >= 11 is 1.33. The molecule has 112 valence electrons. The number of carbonyl (C=O) groups excluding carboxylic acids is 1. The van der Waals surface area contributed by atoms with Crippen LogP contribution in [0.5, 0.6) is 0 Å². The fraction of sp³-hybridized carbons (Fsp3) is 0. The third-order valence-corrected chi connectivity index (χ3v) is 4.12. The monoisotopic (exact) mass is 324 g/mol. The lowest BCUT2D eigenvalue weighted by atomic mass is 10.1. The molecule has 4 rings (SSSR count). The van der Waals surface area contributed by atoms with Gasteiger partial charge in [0.05, 0.1) is 16.5 Å². The number of fused-ring (bicyclic) bond motifs is 1. The molecule has 0 unspecified atom stereocenters. The second kappa shape index (κ2) is 5.29. The highest BCUT2D eigenvalue weighted by atomic mass is 32.1. The number of oxime groups is 1. The highest BCUT2D eigenvalue weighted by Gasteiger charge is 2.28. The number of aromatic nitrogens is 1. The Kier molecular flexibility index (Phi) is 3.13. The first-order valence-electron chi connectivity index (χ1n) is 6.66. The Bertz CT molecular complexity index is 1030. The van der Waals surface area contributed by atoms with Crippen LogP contribution in [0.15, 0.2) is 62.0 Å². The van der Waals surface area contributed by atoms with Crippen LogP contribution in [0.25, 0.3) is 17.0 Å². The van der Waals surface area contributed by atoms with E-state index in [4.69, 9.17) is 9.25 Å². The average molecular weight is 324 g/mol. The van der Waals surface area contributed by atoms with Crippen molar-refractivity contribution in [2.45, 2.75) is 0 Å². The van der Waals surface area contributed by atoms with E-state index in [1.165, 1.54) is 23.7 Å². The third kappa shape index (κ3) is 2.27. The fourth-order valence-corrected chi connectivity index (χ4v) is 2.88. The van der Waals surface area contributed by atoms with Gasteiger partial charge in [0.25, 0.3) is 0 Å². The summed E-state index contributed by atoms with van der Waals surface area (Å²) in [6.45, 7) is 0. The minimum Gasteiger partial charge on any atom is -0.463 e. The summed E-state index contributed by atoms with van der Waals surface area (Å²) in [6, 6.07) is 6.92. The van der Waals surface area contributed by atoms with Gasteiger partial charge in [0, 0.05) is 11.6 Å². The average Bonchev–Trinajstić information content (AvgIpc) is 3.21. The van der Waals surface area contributed by atoms with Crippen LogP contribution in [0.3, 0.4) is 0 Å². The maximum Gasteiger partial charge on any atom is 0.368 e. The van der Waals surface area contributed by atoms with Gasteiger partial charge < -0.3 is 9.25 Å². The molecule has 23 heavy (non-hydrogen) atoms. The van der Waals surface area contributed by atoms with Crippen molar-refractivity contribution in [3.8, 4) is 0 Å². The third-order valence-electron chi connectivity index (χ3n) is 3.34. The van der Waals surface area contributed by atoms with Crippen LogP contribution in [0.2, 0.25) is 0 Å². The number of carbonyl (C=O) groups is 1. The first-order valence-corrected chi connectivity index (χ1v) is 7.54. The smallest absolute Gasteiger partial charge is 0.368 e. The molecular formula is C16H8N2O4S. The van der Waals surface area contributed by atoms with Gasteiger partial charge in [-0.15, -0.1) is 11.3 Å². The maximum atomic E-state index is 12.5. The minimum absolute atomic E-state index is 0.183. The van der Waals surface area contributed by atoms with E-state index < -0.39 is 5.97 Å². The summed E-state index contributed by atoms with van der Waals surface area (Å²) in [5.41, 5.74) is 1.02.